The Hall–Kier alpha value is -3.20. The van der Waals surface area contributed by atoms with Gasteiger partial charge < -0.3 is 25.8 Å². The van der Waals surface area contributed by atoms with Crippen LogP contribution in [0.15, 0.2) is 30.7 Å². The summed E-state index contributed by atoms with van der Waals surface area (Å²) in [7, 11) is 2.06. The first-order valence-corrected chi connectivity index (χ1v) is 8.74. The molecule has 4 heterocycles. The number of hydrogen-bond acceptors (Lipinski definition) is 7. The molecule has 4 N–H and O–H groups in total. The second-order valence-corrected chi connectivity index (χ2v) is 6.24. The third kappa shape index (κ3) is 4.32. The number of carbonyl (C=O) groups excluding carboxylic acids is 1. The molecule has 0 radical (unpaired) electrons. The zero-order chi connectivity index (χ0) is 19.2. The SMILES string of the molecule is Cc1cc2cnc(Nc3ncc(N4CCNCC4)cn3)cc2n1C.NC=O. The topological polar surface area (TPSA) is 114 Å². The number of fused-ring (bicyclic) bond motifs is 1. The zero-order valence-electron chi connectivity index (χ0n) is 15.5. The van der Waals surface area contributed by atoms with Crippen molar-refractivity contribution in [2.45, 2.75) is 6.92 Å². The van der Waals surface area contributed by atoms with Gasteiger partial charge in [0.1, 0.15) is 5.82 Å². The molecule has 1 aliphatic heterocycles. The number of nitrogens with two attached hydrogens (primary N) is 1. The van der Waals surface area contributed by atoms with E-state index in [2.05, 4.69) is 60.8 Å². The van der Waals surface area contributed by atoms with Gasteiger partial charge in [-0.3, -0.25) is 4.79 Å². The van der Waals surface area contributed by atoms with E-state index < -0.39 is 0 Å². The summed E-state index contributed by atoms with van der Waals surface area (Å²) in [6.45, 7) is 6.06. The van der Waals surface area contributed by atoms with E-state index in [9.17, 15) is 0 Å². The number of aryl methyl sites for hydroxylation is 2. The predicted molar refractivity (Wildman–Crippen MR) is 106 cm³/mol. The number of anilines is 3. The summed E-state index contributed by atoms with van der Waals surface area (Å²) in [5, 5.41) is 7.66. The average molecular weight is 368 g/mol. The number of pyridine rings is 1. The average Bonchev–Trinajstić information content (AvgIpc) is 2.98. The van der Waals surface area contributed by atoms with Crippen molar-refractivity contribution >= 4 is 34.8 Å². The molecule has 3 aromatic rings. The maximum Gasteiger partial charge on any atom is 0.228 e. The second kappa shape index (κ2) is 8.45. The number of rotatable bonds is 3. The van der Waals surface area contributed by atoms with Crippen LogP contribution >= 0.6 is 0 Å². The molecule has 0 aromatic carbocycles. The van der Waals surface area contributed by atoms with Gasteiger partial charge in [0.2, 0.25) is 12.4 Å². The van der Waals surface area contributed by atoms with Crippen molar-refractivity contribution in [1.82, 2.24) is 24.8 Å². The number of carbonyl (C=O) groups is 1. The molecule has 9 heteroatoms. The number of aromatic nitrogens is 4. The van der Waals surface area contributed by atoms with Crippen molar-refractivity contribution < 1.29 is 4.79 Å². The van der Waals surface area contributed by atoms with Crippen molar-refractivity contribution in [2.75, 3.05) is 36.4 Å². The molecule has 9 nitrogen and oxygen atoms in total. The molecule has 1 aliphatic rings. The van der Waals surface area contributed by atoms with Crippen LogP contribution in [0.3, 0.4) is 0 Å². The summed E-state index contributed by atoms with van der Waals surface area (Å²) in [6, 6.07) is 4.15. The molecule has 27 heavy (non-hydrogen) atoms. The third-order valence-electron chi connectivity index (χ3n) is 4.53. The Bertz CT molecular complexity index is 900. The van der Waals surface area contributed by atoms with E-state index in [0.717, 1.165) is 48.6 Å². The first kappa shape index (κ1) is 18.6. The summed E-state index contributed by atoms with van der Waals surface area (Å²) >= 11 is 0. The van der Waals surface area contributed by atoms with Crippen molar-refractivity contribution in [1.29, 1.82) is 0 Å². The molecule has 0 atom stereocenters. The summed E-state index contributed by atoms with van der Waals surface area (Å²) in [5.41, 5.74) is 7.58. The number of primary amides is 1. The monoisotopic (exact) mass is 368 g/mol. The first-order chi connectivity index (χ1) is 13.1. The lowest BCUT2D eigenvalue weighted by Gasteiger charge is -2.28. The first-order valence-electron chi connectivity index (χ1n) is 8.74. The lowest BCUT2D eigenvalue weighted by atomic mass is 10.3. The van der Waals surface area contributed by atoms with Crippen LogP contribution in [0.25, 0.3) is 10.9 Å². The molecular formula is C18H24N8O. The quantitative estimate of drug-likeness (QED) is 0.589. The van der Waals surface area contributed by atoms with Gasteiger partial charge in [-0.2, -0.15) is 0 Å². The molecule has 3 aromatic heterocycles. The van der Waals surface area contributed by atoms with Crippen LogP contribution < -0.4 is 21.3 Å². The lowest BCUT2D eigenvalue weighted by Crippen LogP contribution is -2.43. The molecule has 0 saturated carbocycles. The van der Waals surface area contributed by atoms with Crippen LogP contribution in [-0.2, 0) is 11.8 Å². The Morgan fingerprint density at radius 1 is 1.15 bits per heavy atom. The third-order valence-corrected chi connectivity index (χ3v) is 4.53. The number of piperazine rings is 1. The van der Waals surface area contributed by atoms with Gasteiger partial charge in [0, 0.05) is 56.6 Å². The molecule has 0 spiro atoms. The van der Waals surface area contributed by atoms with E-state index in [4.69, 9.17) is 4.79 Å². The number of amides is 1. The highest BCUT2D eigenvalue weighted by atomic mass is 16.1. The van der Waals surface area contributed by atoms with E-state index >= 15 is 0 Å². The van der Waals surface area contributed by atoms with Gasteiger partial charge in [-0.25, -0.2) is 15.0 Å². The van der Waals surface area contributed by atoms with Gasteiger partial charge in [-0.15, -0.1) is 0 Å². The standard InChI is InChI=1S/C17H21N7.CH3NO/c1-12-7-13-9-19-16(8-15(13)23(12)2)22-17-20-10-14(11-21-17)24-5-3-18-4-6-24;2-1-3/h7-11,18H,3-6H2,1-2H3,(H,19,20,21,22);1H,(H2,2,3). The fourth-order valence-corrected chi connectivity index (χ4v) is 3.02. The van der Waals surface area contributed by atoms with Crippen LogP contribution in [0.4, 0.5) is 17.5 Å². The van der Waals surface area contributed by atoms with Crippen LogP contribution in [0, 0.1) is 6.92 Å². The molecule has 4 rings (SSSR count). The Kier molecular flexibility index (Phi) is 5.82. The van der Waals surface area contributed by atoms with E-state index in [1.54, 1.807) is 0 Å². The van der Waals surface area contributed by atoms with Crippen LogP contribution in [-0.4, -0.2) is 52.1 Å². The molecule has 0 unspecified atom stereocenters. The largest absolute Gasteiger partial charge is 0.372 e. The highest BCUT2D eigenvalue weighted by molar-refractivity contribution is 5.83. The Morgan fingerprint density at radius 2 is 1.81 bits per heavy atom. The maximum absolute atomic E-state index is 8.58. The Balaban J connectivity index is 0.000000659. The van der Waals surface area contributed by atoms with E-state index in [1.807, 2.05) is 24.7 Å². The Morgan fingerprint density at radius 3 is 2.48 bits per heavy atom. The molecule has 1 fully saturated rings. The molecule has 0 aliphatic carbocycles. The van der Waals surface area contributed by atoms with Crippen LogP contribution in [0.2, 0.25) is 0 Å². The summed E-state index contributed by atoms with van der Waals surface area (Å²) in [5.74, 6) is 1.31. The van der Waals surface area contributed by atoms with Gasteiger partial charge >= 0.3 is 0 Å². The molecule has 1 amide bonds. The predicted octanol–water partition coefficient (Wildman–Crippen LogP) is 0.926. The van der Waals surface area contributed by atoms with Crippen molar-refractivity contribution in [3.8, 4) is 0 Å². The van der Waals surface area contributed by atoms with Crippen molar-refractivity contribution in [3.05, 3.63) is 36.4 Å². The lowest BCUT2D eigenvalue weighted by molar-refractivity contribution is -0.106. The maximum atomic E-state index is 8.58. The highest BCUT2D eigenvalue weighted by Crippen LogP contribution is 2.21. The summed E-state index contributed by atoms with van der Waals surface area (Å²) in [4.78, 5) is 24.2. The van der Waals surface area contributed by atoms with Crippen molar-refractivity contribution in [3.63, 3.8) is 0 Å². The van der Waals surface area contributed by atoms with Gasteiger partial charge in [-0.05, 0) is 13.0 Å². The van der Waals surface area contributed by atoms with E-state index in [-0.39, 0.29) is 6.41 Å². The number of nitrogens with one attached hydrogen (secondary N) is 2. The summed E-state index contributed by atoms with van der Waals surface area (Å²) in [6.07, 6.45) is 5.86. The van der Waals surface area contributed by atoms with Crippen molar-refractivity contribution in [2.24, 2.45) is 12.8 Å². The Labute approximate surface area is 157 Å². The highest BCUT2D eigenvalue weighted by Gasteiger charge is 2.11. The van der Waals surface area contributed by atoms with E-state index in [0.29, 0.717) is 5.95 Å². The second-order valence-electron chi connectivity index (χ2n) is 6.24. The smallest absolute Gasteiger partial charge is 0.228 e. The van der Waals surface area contributed by atoms with Gasteiger partial charge in [0.15, 0.2) is 0 Å². The summed E-state index contributed by atoms with van der Waals surface area (Å²) < 4.78 is 2.15. The fraction of sp³-hybridized carbons (Fsp3) is 0.333. The number of nitrogens with zero attached hydrogens (tertiary/aromatic N) is 5. The molecule has 1 saturated heterocycles. The number of hydrogen-bond donors (Lipinski definition) is 3. The zero-order valence-corrected chi connectivity index (χ0v) is 15.5. The molecule has 142 valence electrons. The van der Waals surface area contributed by atoms with E-state index in [1.165, 1.54) is 5.69 Å². The normalized spacial score (nSPS) is 13.8. The molecular weight excluding hydrogens is 344 g/mol. The van der Waals surface area contributed by atoms with Gasteiger partial charge in [0.05, 0.1) is 23.6 Å². The van der Waals surface area contributed by atoms with Crippen LogP contribution in [0.1, 0.15) is 5.69 Å². The fourth-order valence-electron chi connectivity index (χ4n) is 3.02. The molecule has 0 bridgehead atoms. The van der Waals surface area contributed by atoms with Gasteiger partial charge in [0.25, 0.3) is 0 Å². The van der Waals surface area contributed by atoms with Gasteiger partial charge in [-0.1, -0.05) is 0 Å². The minimum absolute atomic E-state index is 0.250. The minimum Gasteiger partial charge on any atom is -0.372 e. The minimum atomic E-state index is 0.250. The van der Waals surface area contributed by atoms with Crippen LogP contribution in [0.5, 0.6) is 0 Å².